The third kappa shape index (κ3) is 3.47. The second-order valence-corrected chi connectivity index (χ2v) is 9.55. The summed E-state index contributed by atoms with van der Waals surface area (Å²) < 4.78 is 0. The molecule has 5 nitrogen and oxygen atoms in total. The average Bonchev–Trinajstić information content (AvgIpc) is 3.17. The monoisotopic (exact) mass is 362 g/mol. The molecule has 2 aliphatic heterocycles. The Kier molecular flexibility index (Phi) is 4.95. The standard InChI is InChI=1S/C19H30N4OS/c1-13-6-7-20-11-19(13,17(24)14-9-21-12-25-14)15-10-23(5)16(22-15)8-18(2,3)4/h9-10,12-13,16,20,22H,6-8,11H2,1-5H3. The van der Waals surface area contributed by atoms with Crippen LogP contribution < -0.4 is 10.6 Å². The number of hydrogen-bond acceptors (Lipinski definition) is 6. The van der Waals surface area contributed by atoms with E-state index >= 15 is 0 Å². The zero-order valence-electron chi connectivity index (χ0n) is 15.9. The van der Waals surface area contributed by atoms with Gasteiger partial charge >= 0.3 is 0 Å². The van der Waals surface area contributed by atoms with Gasteiger partial charge in [0, 0.05) is 31.7 Å². The molecule has 3 atom stereocenters. The molecule has 138 valence electrons. The molecule has 3 unspecified atom stereocenters. The molecule has 0 radical (unpaired) electrons. The maximum absolute atomic E-state index is 13.5. The van der Waals surface area contributed by atoms with E-state index in [0.29, 0.717) is 6.54 Å². The van der Waals surface area contributed by atoms with Crippen molar-refractivity contribution in [3.63, 3.8) is 0 Å². The lowest BCUT2D eigenvalue weighted by Gasteiger charge is -2.42. The minimum absolute atomic E-state index is 0.193. The minimum Gasteiger partial charge on any atom is -0.366 e. The van der Waals surface area contributed by atoms with Gasteiger partial charge in [-0.25, -0.2) is 0 Å². The number of hydrogen-bond donors (Lipinski definition) is 2. The largest absolute Gasteiger partial charge is 0.366 e. The summed E-state index contributed by atoms with van der Waals surface area (Å²) in [6.45, 7) is 10.6. The van der Waals surface area contributed by atoms with E-state index in [9.17, 15) is 4.79 Å². The highest BCUT2D eigenvalue weighted by Gasteiger charge is 2.51. The van der Waals surface area contributed by atoms with Crippen molar-refractivity contribution in [1.82, 2.24) is 20.5 Å². The van der Waals surface area contributed by atoms with Gasteiger partial charge in [0.1, 0.15) is 0 Å². The number of nitrogens with zero attached hydrogens (tertiary/aromatic N) is 2. The highest BCUT2D eigenvalue weighted by Crippen LogP contribution is 2.44. The Hall–Kier alpha value is -1.40. The van der Waals surface area contributed by atoms with Crippen molar-refractivity contribution < 1.29 is 4.79 Å². The summed E-state index contributed by atoms with van der Waals surface area (Å²) in [5.74, 6) is 0.474. The average molecular weight is 363 g/mol. The van der Waals surface area contributed by atoms with Crippen LogP contribution in [-0.4, -0.2) is 42.0 Å². The van der Waals surface area contributed by atoms with Crippen LogP contribution in [0.15, 0.2) is 23.6 Å². The van der Waals surface area contributed by atoms with Crippen LogP contribution in [0.3, 0.4) is 0 Å². The fourth-order valence-corrected chi connectivity index (χ4v) is 4.64. The zero-order valence-corrected chi connectivity index (χ0v) is 16.7. The number of piperidine rings is 1. The first-order valence-electron chi connectivity index (χ1n) is 9.09. The van der Waals surface area contributed by atoms with Crippen molar-refractivity contribution in [3.05, 3.63) is 28.5 Å². The summed E-state index contributed by atoms with van der Waals surface area (Å²) in [4.78, 5) is 20.6. The van der Waals surface area contributed by atoms with Gasteiger partial charge in [0.05, 0.1) is 22.0 Å². The van der Waals surface area contributed by atoms with Gasteiger partial charge in [-0.15, -0.1) is 11.3 Å². The number of nitrogens with one attached hydrogen (secondary N) is 2. The van der Waals surface area contributed by atoms with E-state index in [1.54, 1.807) is 11.7 Å². The fourth-order valence-electron chi connectivity index (χ4n) is 3.99. The molecule has 0 aliphatic carbocycles. The zero-order chi connectivity index (χ0) is 18.2. The van der Waals surface area contributed by atoms with Crippen LogP contribution in [0.2, 0.25) is 0 Å². The molecule has 1 saturated heterocycles. The molecule has 2 N–H and O–H groups in total. The highest BCUT2D eigenvalue weighted by molar-refractivity contribution is 7.11. The summed E-state index contributed by atoms with van der Waals surface area (Å²) in [5, 5.41) is 7.16. The first-order chi connectivity index (χ1) is 11.7. The number of carbonyl (C=O) groups excluding carboxylic acids is 1. The van der Waals surface area contributed by atoms with E-state index in [2.05, 4.69) is 61.5 Å². The van der Waals surface area contributed by atoms with Crippen LogP contribution >= 0.6 is 11.3 Å². The number of carbonyl (C=O) groups is 1. The van der Waals surface area contributed by atoms with Crippen LogP contribution in [0, 0.1) is 16.7 Å². The molecular formula is C19H30N4OS. The number of Topliss-reactive ketones (excluding diaryl/α,β-unsaturated/α-hetero) is 1. The molecule has 1 fully saturated rings. The normalized spacial score (nSPS) is 30.1. The van der Waals surface area contributed by atoms with Gasteiger partial charge in [-0.2, -0.15) is 0 Å². The molecule has 25 heavy (non-hydrogen) atoms. The van der Waals surface area contributed by atoms with E-state index in [1.807, 2.05) is 0 Å². The van der Waals surface area contributed by atoms with Crippen LogP contribution in [0.5, 0.6) is 0 Å². The maximum atomic E-state index is 13.5. The molecule has 6 heteroatoms. The SMILES string of the molecule is CC1CCNCC1(C(=O)c1cncs1)C1=CN(C)C(CC(C)(C)C)N1. The predicted octanol–water partition coefficient (Wildman–Crippen LogP) is 3.08. The third-order valence-corrected chi connectivity index (χ3v) is 6.27. The number of aromatic nitrogens is 1. The Balaban J connectivity index is 1.94. The van der Waals surface area contributed by atoms with Crippen LogP contribution in [0.4, 0.5) is 0 Å². The van der Waals surface area contributed by atoms with E-state index in [-0.39, 0.29) is 23.3 Å². The topological polar surface area (TPSA) is 57.3 Å². The first-order valence-corrected chi connectivity index (χ1v) is 9.97. The molecule has 1 aromatic heterocycles. The number of rotatable bonds is 4. The van der Waals surface area contributed by atoms with E-state index in [1.165, 1.54) is 11.3 Å². The summed E-state index contributed by atoms with van der Waals surface area (Å²) in [7, 11) is 2.10. The van der Waals surface area contributed by atoms with Crippen molar-refractivity contribution >= 4 is 17.1 Å². The van der Waals surface area contributed by atoms with Crippen molar-refractivity contribution in [2.45, 2.75) is 46.7 Å². The fraction of sp³-hybridized carbons (Fsp3) is 0.684. The molecule has 3 rings (SSSR count). The van der Waals surface area contributed by atoms with Crippen LogP contribution in [0.1, 0.15) is 50.2 Å². The van der Waals surface area contributed by atoms with Crippen molar-refractivity contribution in [2.24, 2.45) is 16.7 Å². The molecule has 0 saturated carbocycles. The van der Waals surface area contributed by atoms with Crippen LogP contribution in [-0.2, 0) is 0 Å². The van der Waals surface area contributed by atoms with Gasteiger partial charge in [0.15, 0.2) is 5.78 Å². The molecule has 0 aromatic carbocycles. The third-order valence-electron chi connectivity index (χ3n) is 5.49. The minimum atomic E-state index is -0.536. The van der Waals surface area contributed by atoms with Crippen LogP contribution in [0.25, 0.3) is 0 Å². The second kappa shape index (κ2) is 6.72. The molecular weight excluding hydrogens is 332 g/mol. The summed E-state index contributed by atoms with van der Waals surface area (Å²) in [6, 6.07) is 0. The summed E-state index contributed by atoms with van der Waals surface area (Å²) >= 11 is 1.44. The van der Waals surface area contributed by atoms with E-state index in [0.717, 1.165) is 30.0 Å². The molecule has 0 bridgehead atoms. The smallest absolute Gasteiger partial charge is 0.188 e. The Bertz CT molecular complexity index is 649. The highest BCUT2D eigenvalue weighted by atomic mass is 32.1. The summed E-state index contributed by atoms with van der Waals surface area (Å²) in [5.41, 5.74) is 2.49. The quantitative estimate of drug-likeness (QED) is 0.806. The lowest BCUT2D eigenvalue weighted by molar-refractivity contribution is 0.0691. The Morgan fingerprint density at radius 3 is 2.84 bits per heavy atom. The van der Waals surface area contributed by atoms with Gasteiger partial charge in [-0.05, 0) is 30.7 Å². The van der Waals surface area contributed by atoms with Crippen molar-refractivity contribution in [1.29, 1.82) is 0 Å². The van der Waals surface area contributed by atoms with Gasteiger partial charge in [0.25, 0.3) is 0 Å². The van der Waals surface area contributed by atoms with Crippen molar-refractivity contribution in [3.8, 4) is 0 Å². The second-order valence-electron chi connectivity index (χ2n) is 8.67. The van der Waals surface area contributed by atoms with Crippen molar-refractivity contribution in [2.75, 3.05) is 20.1 Å². The maximum Gasteiger partial charge on any atom is 0.188 e. The molecule has 0 amide bonds. The van der Waals surface area contributed by atoms with Gasteiger partial charge < -0.3 is 15.5 Å². The molecule has 2 aliphatic rings. The molecule has 0 spiro atoms. The Labute approximate surface area is 154 Å². The Morgan fingerprint density at radius 2 is 2.24 bits per heavy atom. The lowest BCUT2D eigenvalue weighted by Crippen LogP contribution is -2.54. The first kappa shape index (κ1) is 18.4. The lowest BCUT2D eigenvalue weighted by atomic mass is 9.67. The van der Waals surface area contributed by atoms with Gasteiger partial charge in [-0.3, -0.25) is 9.78 Å². The van der Waals surface area contributed by atoms with E-state index in [4.69, 9.17) is 0 Å². The molecule has 1 aromatic rings. The van der Waals surface area contributed by atoms with Gasteiger partial charge in [0.2, 0.25) is 0 Å². The van der Waals surface area contributed by atoms with Gasteiger partial charge in [-0.1, -0.05) is 27.7 Å². The molecule has 3 heterocycles. The Morgan fingerprint density at radius 1 is 1.48 bits per heavy atom. The van der Waals surface area contributed by atoms with E-state index < -0.39 is 5.41 Å². The summed E-state index contributed by atoms with van der Waals surface area (Å²) in [6.07, 6.45) is 6.11. The number of ketones is 1. The predicted molar refractivity (Wildman–Crippen MR) is 102 cm³/mol. The number of thiazole rings is 1.